The van der Waals surface area contributed by atoms with Crippen molar-refractivity contribution in [2.24, 2.45) is 29.6 Å². The molecular formula is C43H71NO11. The van der Waals surface area contributed by atoms with Gasteiger partial charge in [0.15, 0.2) is 5.79 Å². The van der Waals surface area contributed by atoms with Crippen LogP contribution in [0.2, 0.25) is 0 Å². The molecule has 14 atom stereocenters. The summed E-state index contributed by atoms with van der Waals surface area (Å²) in [5, 5.41) is 44.3. The van der Waals surface area contributed by atoms with Crippen molar-refractivity contribution in [1.82, 2.24) is 4.90 Å². The van der Waals surface area contributed by atoms with Crippen LogP contribution >= 0.6 is 0 Å². The molecule has 0 unspecified atom stereocenters. The number of nitrogens with zero attached hydrogens (tertiary/aromatic N) is 1. The van der Waals surface area contributed by atoms with Crippen molar-refractivity contribution in [2.45, 2.75) is 180 Å². The molecule has 314 valence electrons. The number of cyclic esters (lactones) is 1. The number of allylic oxidation sites excluding steroid dienone is 3. The second kappa shape index (κ2) is 20.5. The Labute approximate surface area is 329 Å². The van der Waals surface area contributed by atoms with E-state index in [-0.39, 0.29) is 36.6 Å². The molecule has 55 heavy (non-hydrogen) atoms. The zero-order chi connectivity index (χ0) is 40.6. The molecule has 0 spiro atoms. The van der Waals surface area contributed by atoms with Gasteiger partial charge in [0.25, 0.3) is 0 Å². The highest BCUT2D eigenvalue weighted by Gasteiger charge is 2.51. The average Bonchev–Trinajstić information content (AvgIpc) is 3.14. The lowest BCUT2D eigenvalue weighted by molar-refractivity contribution is -0.321. The number of aliphatic hydroxyl groups excluding tert-OH is 3. The lowest BCUT2D eigenvalue weighted by Crippen LogP contribution is -2.59. The fourth-order valence-corrected chi connectivity index (χ4v) is 9.45. The predicted octanol–water partition coefficient (Wildman–Crippen LogP) is 5.03. The molecule has 4 aliphatic rings. The third-order valence-corrected chi connectivity index (χ3v) is 12.8. The van der Waals surface area contributed by atoms with Gasteiger partial charge >= 0.3 is 5.97 Å². The number of ketones is 1. The molecular weight excluding hydrogens is 706 g/mol. The van der Waals surface area contributed by atoms with E-state index in [1.165, 1.54) is 4.90 Å². The average molecular weight is 778 g/mol. The molecule has 0 radical (unpaired) electrons. The van der Waals surface area contributed by atoms with E-state index in [1.807, 2.05) is 39.8 Å². The molecule has 12 heteroatoms. The Bertz CT molecular complexity index is 1350. The minimum absolute atomic E-state index is 0.0807. The number of hydrogen-bond donors (Lipinski definition) is 4. The van der Waals surface area contributed by atoms with Crippen molar-refractivity contribution >= 4 is 17.7 Å². The molecule has 3 heterocycles. The number of fused-ring (bicyclic) bond motifs is 3. The van der Waals surface area contributed by atoms with Gasteiger partial charge in [-0.25, -0.2) is 4.79 Å². The first-order valence-corrected chi connectivity index (χ1v) is 20.9. The molecule has 2 saturated heterocycles. The summed E-state index contributed by atoms with van der Waals surface area (Å²) in [7, 11) is 3.22. The van der Waals surface area contributed by atoms with Crippen LogP contribution in [0.4, 0.5) is 0 Å². The van der Waals surface area contributed by atoms with Gasteiger partial charge in [-0.2, -0.15) is 0 Å². The maximum absolute atomic E-state index is 14.3. The molecule has 0 aromatic rings. The molecule has 12 nitrogen and oxygen atoms in total. The van der Waals surface area contributed by atoms with Crippen LogP contribution in [0.5, 0.6) is 0 Å². The fraction of sp³-hybridized carbons (Fsp3) is 0.837. The fourth-order valence-electron chi connectivity index (χ4n) is 9.45. The zero-order valence-corrected chi connectivity index (χ0v) is 34.7. The summed E-state index contributed by atoms with van der Waals surface area (Å²) < 4.78 is 24.6. The van der Waals surface area contributed by atoms with Crippen molar-refractivity contribution in [3.8, 4) is 0 Å². The lowest BCUT2D eigenvalue weighted by atomic mass is 9.81. The number of rotatable bonds is 6. The summed E-state index contributed by atoms with van der Waals surface area (Å²) >= 11 is 0. The Morgan fingerprint density at radius 2 is 1.64 bits per heavy atom. The monoisotopic (exact) mass is 778 g/mol. The number of amides is 1. The van der Waals surface area contributed by atoms with Gasteiger partial charge in [0.05, 0.1) is 36.9 Å². The van der Waals surface area contributed by atoms with E-state index in [2.05, 4.69) is 6.92 Å². The maximum atomic E-state index is 14.3. The number of hydrogen-bond acceptors (Lipinski definition) is 11. The van der Waals surface area contributed by atoms with Gasteiger partial charge in [-0.15, -0.1) is 0 Å². The van der Waals surface area contributed by atoms with Gasteiger partial charge in [-0.3, -0.25) is 9.59 Å². The standard InChI is InChI=1S/C43H71NO11/c1-9-12-31-18-25(2)17-26(3)19-37(52-7)41-38(53-8)21-28(5)43(51,55-41)24-39(49)44-16-11-10-13-32(44)42(50)54-40(29(6)34(46)23-35(31)47)27(4)20-30-14-15-33(45)36(48)22-30/h18,20,26,28-34,36-38,40-41,45-46,48,51H,9-17,19,21-24H2,1-8H3/b25-18+,27-20+/t26-,28+,29+,30-,31+,32-,33+,34-,36+,37-,38-,40+,41+,43-/m0/s1. The molecule has 0 aromatic carbocycles. The Hall–Kier alpha value is -2.19. The van der Waals surface area contributed by atoms with E-state index in [9.17, 15) is 34.8 Å². The Balaban J connectivity index is 1.74. The minimum Gasteiger partial charge on any atom is -0.456 e. The SMILES string of the molecule is CCC[C@@H]1/C=C(\C)C[C@H](C)C[C@H](OC)[C@H]2O[C@@](O)(CC(=O)N3CCCC[C@H]3C(=O)O[C@H](/C(C)=C/[C@@H]3CC[C@@H](O)[C@H](O)C3)[C@H](C)[C@@H](O)CC1=O)[C@H](C)C[C@@H]2OC. The van der Waals surface area contributed by atoms with Gasteiger partial charge in [-0.1, -0.05) is 51.8 Å². The first-order chi connectivity index (χ1) is 26.0. The third-order valence-electron chi connectivity index (χ3n) is 12.8. The number of carbonyl (C=O) groups is 3. The van der Waals surface area contributed by atoms with Gasteiger partial charge in [-0.05, 0) is 95.5 Å². The third kappa shape index (κ3) is 11.7. The first-order valence-electron chi connectivity index (χ1n) is 20.9. The first kappa shape index (κ1) is 45.5. The molecule has 1 aliphatic carbocycles. The number of aliphatic hydroxyl groups is 4. The van der Waals surface area contributed by atoms with Crippen LogP contribution in [0.3, 0.4) is 0 Å². The lowest BCUT2D eigenvalue weighted by Gasteiger charge is -2.48. The highest BCUT2D eigenvalue weighted by Crippen LogP contribution is 2.40. The summed E-state index contributed by atoms with van der Waals surface area (Å²) in [6.07, 6.45) is 4.63. The number of Topliss-reactive ketones (excluding diaryl/α,β-unsaturated/α-hetero) is 1. The summed E-state index contributed by atoms with van der Waals surface area (Å²) in [6, 6.07) is -0.914. The van der Waals surface area contributed by atoms with E-state index in [1.54, 1.807) is 21.1 Å². The number of ether oxygens (including phenoxy) is 4. The van der Waals surface area contributed by atoms with Crippen molar-refractivity contribution in [1.29, 1.82) is 0 Å². The highest BCUT2D eigenvalue weighted by atomic mass is 16.7. The molecule has 1 amide bonds. The van der Waals surface area contributed by atoms with E-state index in [0.717, 1.165) is 12.0 Å². The number of methoxy groups -OCH3 is 2. The summed E-state index contributed by atoms with van der Waals surface area (Å²) in [4.78, 5) is 43.8. The van der Waals surface area contributed by atoms with Gasteiger partial charge < -0.3 is 44.3 Å². The molecule has 4 rings (SSSR count). The van der Waals surface area contributed by atoms with Crippen LogP contribution in [-0.4, -0.2) is 118 Å². The zero-order valence-electron chi connectivity index (χ0n) is 34.7. The van der Waals surface area contributed by atoms with E-state index in [0.29, 0.717) is 76.3 Å². The van der Waals surface area contributed by atoms with Crippen molar-refractivity contribution < 1.29 is 53.8 Å². The summed E-state index contributed by atoms with van der Waals surface area (Å²) in [5.74, 6) is -4.43. The van der Waals surface area contributed by atoms with Crippen molar-refractivity contribution in [3.05, 3.63) is 23.3 Å². The largest absolute Gasteiger partial charge is 0.456 e. The summed E-state index contributed by atoms with van der Waals surface area (Å²) in [6.45, 7) is 11.9. The van der Waals surface area contributed by atoms with Gasteiger partial charge in [0.1, 0.15) is 24.0 Å². The maximum Gasteiger partial charge on any atom is 0.329 e. The van der Waals surface area contributed by atoms with Crippen LogP contribution in [0, 0.1) is 29.6 Å². The highest BCUT2D eigenvalue weighted by molar-refractivity contribution is 5.85. The van der Waals surface area contributed by atoms with Gasteiger partial charge in [0, 0.05) is 44.9 Å². The van der Waals surface area contributed by atoms with Crippen LogP contribution < -0.4 is 0 Å². The quantitative estimate of drug-likeness (QED) is 0.211. The molecule has 0 aromatic heterocycles. The normalized spacial score (nSPS) is 42.1. The van der Waals surface area contributed by atoms with Crippen LogP contribution in [0.15, 0.2) is 23.3 Å². The molecule has 2 bridgehead atoms. The van der Waals surface area contributed by atoms with E-state index < -0.39 is 78.1 Å². The van der Waals surface area contributed by atoms with Gasteiger partial charge in [0.2, 0.25) is 5.91 Å². The second-order valence-electron chi connectivity index (χ2n) is 17.4. The molecule has 3 aliphatic heterocycles. The van der Waals surface area contributed by atoms with Crippen molar-refractivity contribution in [3.63, 3.8) is 0 Å². The molecule has 4 N–H and O–H groups in total. The van der Waals surface area contributed by atoms with E-state index in [4.69, 9.17) is 18.9 Å². The van der Waals surface area contributed by atoms with Crippen LogP contribution in [-0.2, 0) is 33.3 Å². The van der Waals surface area contributed by atoms with Crippen LogP contribution in [0.25, 0.3) is 0 Å². The van der Waals surface area contributed by atoms with E-state index >= 15 is 0 Å². The smallest absolute Gasteiger partial charge is 0.329 e. The number of piperidine rings is 1. The summed E-state index contributed by atoms with van der Waals surface area (Å²) in [5.41, 5.74) is 1.72. The molecule has 3 fully saturated rings. The molecule has 1 saturated carbocycles. The Morgan fingerprint density at radius 1 is 0.945 bits per heavy atom. The topological polar surface area (TPSA) is 172 Å². The Morgan fingerprint density at radius 3 is 2.29 bits per heavy atom. The predicted molar refractivity (Wildman–Crippen MR) is 208 cm³/mol. The van der Waals surface area contributed by atoms with Crippen LogP contribution in [0.1, 0.15) is 125 Å². The van der Waals surface area contributed by atoms with Crippen molar-refractivity contribution in [2.75, 3.05) is 20.8 Å². The minimum atomic E-state index is -1.83. The second-order valence-corrected chi connectivity index (χ2v) is 17.4. The number of esters is 1. The Kier molecular flexibility index (Phi) is 16.9. The number of carbonyl (C=O) groups excluding carboxylic acids is 3.